The summed E-state index contributed by atoms with van der Waals surface area (Å²) in [5.41, 5.74) is 1.77. The number of hydrogen-bond donors (Lipinski definition) is 1. The molecule has 22 heavy (non-hydrogen) atoms. The van der Waals surface area contributed by atoms with Crippen LogP contribution in [0.3, 0.4) is 0 Å². The van der Waals surface area contributed by atoms with Gasteiger partial charge in [-0.3, -0.25) is 9.59 Å². The molecule has 0 bridgehead atoms. The van der Waals surface area contributed by atoms with Crippen molar-refractivity contribution in [1.29, 1.82) is 0 Å². The molecule has 1 aromatic heterocycles. The lowest BCUT2D eigenvalue weighted by atomic mass is 10.2. The molecule has 0 aliphatic rings. The van der Waals surface area contributed by atoms with Crippen LogP contribution in [0.1, 0.15) is 10.4 Å². The van der Waals surface area contributed by atoms with Crippen LogP contribution in [0.15, 0.2) is 41.2 Å². The van der Waals surface area contributed by atoms with E-state index in [0.717, 1.165) is 21.6 Å². The maximum Gasteiger partial charge on any atom is 0.307 e. The monoisotopic (exact) mass is 352 g/mol. The Morgan fingerprint density at radius 2 is 1.95 bits per heavy atom. The molecule has 0 saturated heterocycles. The van der Waals surface area contributed by atoms with Gasteiger partial charge >= 0.3 is 4.87 Å². The maximum atomic E-state index is 12.3. The molecule has 1 amide bonds. The molecule has 4 nitrogen and oxygen atoms in total. The molecule has 112 valence electrons. The van der Waals surface area contributed by atoms with Gasteiger partial charge in [-0.05, 0) is 36.4 Å². The van der Waals surface area contributed by atoms with Crippen LogP contribution >= 0.6 is 34.5 Å². The van der Waals surface area contributed by atoms with E-state index in [2.05, 4.69) is 5.32 Å². The zero-order valence-corrected chi connectivity index (χ0v) is 13.7. The van der Waals surface area contributed by atoms with Crippen LogP contribution in [0.4, 0.5) is 5.69 Å². The van der Waals surface area contributed by atoms with E-state index >= 15 is 0 Å². The molecule has 7 heteroatoms. The Bertz CT molecular complexity index is 946. The predicted octanol–water partition coefficient (Wildman–Crippen LogP) is 4.16. The molecule has 0 aliphatic carbocycles. The summed E-state index contributed by atoms with van der Waals surface area (Å²) < 4.78 is 2.38. The minimum absolute atomic E-state index is 0.0424. The van der Waals surface area contributed by atoms with E-state index < -0.39 is 0 Å². The van der Waals surface area contributed by atoms with E-state index in [1.807, 2.05) is 0 Å². The Morgan fingerprint density at radius 1 is 1.18 bits per heavy atom. The van der Waals surface area contributed by atoms with Crippen LogP contribution in [0, 0.1) is 0 Å². The summed E-state index contributed by atoms with van der Waals surface area (Å²) in [5.74, 6) is -0.329. The minimum Gasteiger partial charge on any atom is -0.322 e. The molecule has 0 spiro atoms. The van der Waals surface area contributed by atoms with E-state index in [0.29, 0.717) is 16.3 Å². The van der Waals surface area contributed by atoms with Crippen molar-refractivity contribution in [3.05, 3.63) is 61.7 Å². The first-order valence-corrected chi connectivity index (χ1v) is 7.89. The van der Waals surface area contributed by atoms with Crippen molar-refractivity contribution < 1.29 is 4.79 Å². The summed E-state index contributed by atoms with van der Waals surface area (Å²) in [6.07, 6.45) is 0. The summed E-state index contributed by atoms with van der Waals surface area (Å²) >= 11 is 13.0. The molecule has 0 saturated carbocycles. The number of carbonyl (C=O) groups is 1. The zero-order valence-electron chi connectivity index (χ0n) is 11.4. The van der Waals surface area contributed by atoms with Gasteiger partial charge < -0.3 is 9.88 Å². The molecule has 1 N–H and O–H groups in total. The lowest BCUT2D eigenvalue weighted by molar-refractivity contribution is 0.102. The van der Waals surface area contributed by atoms with Crippen LogP contribution < -0.4 is 10.2 Å². The predicted molar refractivity (Wildman–Crippen MR) is 91.5 cm³/mol. The Kier molecular flexibility index (Phi) is 3.95. The molecule has 3 rings (SSSR count). The van der Waals surface area contributed by atoms with Gasteiger partial charge in [0, 0.05) is 17.8 Å². The van der Waals surface area contributed by atoms with Gasteiger partial charge in [-0.2, -0.15) is 0 Å². The molecule has 0 aliphatic heterocycles. The quantitative estimate of drug-likeness (QED) is 0.752. The first-order chi connectivity index (χ1) is 10.5. The summed E-state index contributed by atoms with van der Waals surface area (Å²) in [6.45, 7) is 0. The number of benzene rings is 2. The third kappa shape index (κ3) is 2.75. The Morgan fingerprint density at radius 3 is 2.68 bits per heavy atom. The summed E-state index contributed by atoms with van der Waals surface area (Å²) in [5, 5.41) is 3.53. The minimum atomic E-state index is -0.329. The summed E-state index contributed by atoms with van der Waals surface area (Å²) in [7, 11) is 1.72. The third-order valence-electron chi connectivity index (χ3n) is 3.23. The van der Waals surface area contributed by atoms with E-state index in [1.54, 1.807) is 41.9 Å². The number of aromatic nitrogens is 1. The van der Waals surface area contributed by atoms with Crippen LogP contribution in [-0.2, 0) is 7.05 Å². The van der Waals surface area contributed by atoms with Crippen molar-refractivity contribution >= 4 is 56.3 Å². The number of carbonyl (C=O) groups excluding carboxylic acids is 1. The van der Waals surface area contributed by atoms with Crippen molar-refractivity contribution in [2.45, 2.75) is 0 Å². The molecule has 0 atom stereocenters. The number of fused-ring (bicyclic) bond motifs is 1. The number of nitrogens with one attached hydrogen (secondary N) is 1. The average Bonchev–Trinajstić information content (AvgIpc) is 2.73. The number of halogens is 2. The van der Waals surface area contributed by atoms with Gasteiger partial charge in [-0.15, -0.1) is 0 Å². The molecule has 0 unspecified atom stereocenters. The highest BCUT2D eigenvalue weighted by atomic mass is 35.5. The molecule has 1 heterocycles. The molecule has 0 radical (unpaired) electrons. The number of rotatable bonds is 2. The Hall–Kier alpha value is -1.82. The Balaban J connectivity index is 1.92. The number of aryl methyl sites for hydroxylation is 1. The van der Waals surface area contributed by atoms with Gasteiger partial charge in [0.15, 0.2) is 0 Å². The van der Waals surface area contributed by atoms with Gasteiger partial charge in [-0.25, -0.2) is 0 Å². The van der Waals surface area contributed by atoms with Crippen LogP contribution in [-0.4, -0.2) is 10.5 Å². The molecule has 0 fully saturated rings. The highest BCUT2D eigenvalue weighted by Crippen LogP contribution is 2.24. The average molecular weight is 353 g/mol. The number of nitrogens with zero attached hydrogens (tertiary/aromatic N) is 1. The smallest absolute Gasteiger partial charge is 0.307 e. The summed E-state index contributed by atoms with van der Waals surface area (Å²) in [6, 6.07) is 10.0. The second-order valence-electron chi connectivity index (χ2n) is 4.69. The third-order valence-corrected chi connectivity index (χ3v) is 4.77. The largest absolute Gasteiger partial charge is 0.322 e. The zero-order chi connectivity index (χ0) is 15.9. The lowest BCUT2D eigenvalue weighted by Crippen LogP contribution is -2.12. The van der Waals surface area contributed by atoms with Gasteiger partial charge in [0.1, 0.15) is 0 Å². The van der Waals surface area contributed by atoms with Crippen molar-refractivity contribution in [2.24, 2.45) is 7.05 Å². The normalized spacial score (nSPS) is 10.9. The van der Waals surface area contributed by atoms with Crippen molar-refractivity contribution in [3.8, 4) is 0 Å². The fraction of sp³-hybridized carbons (Fsp3) is 0.0667. The van der Waals surface area contributed by atoms with E-state index in [4.69, 9.17) is 23.2 Å². The highest BCUT2D eigenvalue weighted by molar-refractivity contribution is 7.16. The number of hydrogen-bond acceptors (Lipinski definition) is 3. The second-order valence-corrected chi connectivity index (χ2v) is 6.52. The highest BCUT2D eigenvalue weighted by Gasteiger charge is 2.12. The fourth-order valence-corrected chi connectivity index (χ4v) is 3.50. The standard InChI is InChI=1S/C15H10Cl2N2O2S/c1-19-12-5-3-9(7-13(12)22-15(19)21)18-14(20)10-4-2-8(16)6-11(10)17/h2-7H,1H3,(H,18,20). The van der Waals surface area contributed by atoms with E-state index in [9.17, 15) is 9.59 Å². The number of anilines is 1. The second kappa shape index (κ2) is 5.76. The van der Waals surface area contributed by atoms with Crippen LogP contribution in [0.2, 0.25) is 10.0 Å². The van der Waals surface area contributed by atoms with Gasteiger partial charge in [0.05, 0.1) is 20.8 Å². The first kappa shape index (κ1) is 15.1. The van der Waals surface area contributed by atoms with Gasteiger partial charge in [-0.1, -0.05) is 34.5 Å². The van der Waals surface area contributed by atoms with Crippen LogP contribution in [0.25, 0.3) is 10.2 Å². The number of thiazole rings is 1. The van der Waals surface area contributed by atoms with Crippen molar-refractivity contribution in [2.75, 3.05) is 5.32 Å². The van der Waals surface area contributed by atoms with Crippen molar-refractivity contribution in [1.82, 2.24) is 4.57 Å². The van der Waals surface area contributed by atoms with E-state index in [-0.39, 0.29) is 15.8 Å². The molecular weight excluding hydrogens is 343 g/mol. The number of amides is 1. The first-order valence-electron chi connectivity index (χ1n) is 6.31. The van der Waals surface area contributed by atoms with E-state index in [1.165, 1.54) is 6.07 Å². The van der Waals surface area contributed by atoms with Crippen LogP contribution in [0.5, 0.6) is 0 Å². The Labute approximate surface area is 139 Å². The van der Waals surface area contributed by atoms with Gasteiger partial charge in [0.2, 0.25) is 0 Å². The van der Waals surface area contributed by atoms with Crippen molar-refractivity contribution in [3.63, 3.8) is 0 Å². The fourth-order valence-electron chi connectivity index (χ4n) is 2.08. The van der Waals surface area contributed by atoms with Gasteiger partial charge in [0.25, 0.3) is 5.91 Å². The molecule has 2 aromatic carbocycles. The molecular formula is C15H10Cl2N2O2S. The summed E-state index contributed by atoms with van der Waals surface area (Å²) in [4.78, 5) is 23.8. The topological polar surface area (TPSA) is 51.1 Å². The SMILES string of the molecule is Cn1c(=O)sc2cc(NC(=O)c3ccc(Cl)cc3Cl)ccc21. The molecule has 3 aromatic rings. The lowest BCUT2D eigenvalue weighted by Gasteiger charge is -2.07. The maximum absolute atomic E-state index is 12.3.